The third-order valence-corrected chi connectivity index (χ3v) is 4.19. The molecule has 1 aliphatic heterocycles. The van der Waals surface area contributed by atoms with Crippen LogP contribution in [0.2, 0.25) is 0 Å². The first kappa shape index (κ1) is 21.2. The number of likely N-dealkylation sites (tertiary alicyclic amines) is 1. The van der Waals surface area contributed by atoms with Gasteiger partial charge >= 0.3 is 0 Å². The molecule has 7 heteroatoms. The van der Waals surface area contributed by atoms with Crippen LogP contribution in [0, 0.1) is 0 Å². The van der Waals surface area contributed by atoms with Gasteiger partial charge in [-0.05, 0) is 45.0 Å². The van der Waals surface area contributed by atoms with E-state index in [1.165, 1.54) is 19.3 Å². The Kier molecular flexibility index (Phi) is 10.4. The average molecular weight is 450 g/mol. The molecule has 2 atom stereocenters. The van der Waals surface area contributed by atoms with E-state index < -0.39 is 0 Å². The van der Waals surface area contributed by atoms with Crippen molar-refractivity contribution in [3.8, 4) is 0 Å². The predicted molar refractivity (Wildman–Crippen MR) is 108 cm³/mol. The number of nitrogens with one attached hydrogen (secondary N) is 2. The molecular weight excluding hydrogens is 419 g/mol. The zero-order valence-corrected chi connectivity index (χ0v) is 17.3. The zero-order valence-electron chi connectivity index (χ0n) is 15.0. The van der Waals surface area contributed by atoms with Crippen molar-refractivity contribution >= 4 is 29.9 Å². The maximum atomic E-state index is 5.67. The second kappa shape index (κ2) is 11.7. The van der Waals surface area contributed by atoms with Gasteiger partial charge in [-0.25, -0.2) is 0 Å². The highest BCUT2D eigenvalue weighted by atomic mass is 127. The van der Waals surface area contributed by atoms with Gasteiger partial charge in [0.25, 0.3) is 0 Å². The molecule has 0 saturated carbocycles. The van der Waals surface area contributed by atoms with Crippen molar-refractivity contribution < 1.29 is 9.15 Å². The second-order valence-electron chi connectivity index (χ2n) is 6.08. The molecule has 2 unspecified atom stereocenters. The summed E-state index contributed by atoms with van der Waals surface area (Å²) < 4.78 is 10.8. The van der Waals surface area contributed by atoms with E-state index in [0.717, 1.165) is 31.4 Å². The van der Waals surface area contributed by atoms with Crippen molar-refractivity contribution in [3.05, 3.63) is 24.2 Å². The van der Waals surface area contributed by atoms with Gasteiger partial charge in [-0.15, -0.1) is 24.0 Å². The Balaban J connectivity index is 0.00000288. The van der Waals surface area contributed by atoms with Crippen molar-refractivity contribution in [1.29, 1.82) is 0 Å². The molecule has 0 radical (unpaired) electrons. The van der Waals surface area contributed by atoms with Crippen molar-refractivity contribution in [3.63, 3.8) is 0 Å². The fourth-order valence-electron chi connectivity index (χ4n) is 3.03. The minimum Gasteiger partial charge on any atom is -0.468 e. The molecule has 1 aliphatic rings. The van der Waals surface area contributed by atoms with Crippen LogP contribution >= 0.6 is 24.0 Å². The van der Waals surface area contributed by atoms with Crippen LogP contribution in [0.15, 0.2) is 27.8 Å². The molecule has 1 saturated heterocycles. The highest BCUT2D eigenvalue weighted by Gasteiger charge is 2.24. The van der Waals surface area contributed by atoms with Crippen LogP contribution in [0.4, 0.5) is 0 Å². The molecule has 2 rings (SSSR count). The molecule has 2 heterocycles. The Labute approximate surface area is 162 Å². The minimum absolute atomic E-state index is 0. The van der Waals surface area contributed by atoms with Crippen molar-refractivity contribution in [2.45, 2.75) is 38.3 Å². The fraction of sp³-hybridized carbons (Fsp3) is 0.706. The summed E-state index contributed by atoms with van der Waals surface area (Å²) in [6.45, 7) is 5.74. The molecule has 1 aromatic rings. The maximum Gasteiger partial charge on any atom is 0.191 e. The van der Waals surface area contributed by atoms with E-state index in [4.69, 9.17) is 9.15 Å². The van der Waals surface area contributed by atoms with Crippen LogP contribution in [-0.2, 0) is 4.74 Å². The molecule has 0 amide bonds. The minimum atomic E-state index is 0. The molecule has 0 spiro atoms. The number of halogens is 1. The number of methoxy groups -OCH3 is 1. The number of hydrogen-bond donors (Lipinski definition) is 2. The summed E-state index contributed by atoms with van der Waals surface area (Å²) in [5.74, 6) is 1.81. The lowest BCUT2D eigenvalue weighted by Crippen LogP contribution is -2.47. The molecule has 0 aliphatic carbocycles. The Morgan fingerprint density at radius 1 is 1.38 bits per heavy atom. The average Bonchev–Trinajstić information content (AvgIpc) is 3.09. The van der Waals surface area contributed by atoms with Gasteiger partial charge in [-0.1, -0.05) is 6.42 Å². The number of furan rings is 1. The second-order valence-corrected chi connectivity index (χ2v) is 6.08. The van der Waals surface area contributed by atoms with Crippen LogP contribution in [-0.4, -0.2) is 57.3 Å². The van der Waals surface area contributed by atoms with E-state index >= 15 is 0 Å². The van der Waals surface area contributed by atoms with Gasteiger partial charge in [0.1, 0.15) is 5.76 Å². The summed E-state index contributed by atoms with van der Waals surface area (Å²) in [7, 11) is 3.50. The van der Waals surface area contributed by atoms with Crippen molar-refractivity contribution in [1.82, 2.24) is 15.5 Å². The number of rotatable bonds is 7. The quantitative estimate of drug-likeness (QED) is 0.380. The van der Waals surface area contributed by atoms with Gasteiger partial charge in [0.2, 0.25) is 0 Å². The first-order valence-electron chi connectivity index (χ1n) is 8.48. The third-order valence-electron chi connectivity index (χ3n) is 4.19. The highest BCUT2D eigenvalue weighted by molar-refractivity contribution is 14.0. The molecule has 1 fully saturated rings. The van der Waals surface area contributed by atoms with Crippen molar-refractivity contribution in [2.24, 2.45) is 4.99 Å². The molecule has 6 nitrogen and oxygen atoms in total. The van der Waals surface area contributed by atoms with Gasteiger partial charge in [0, 0.05) is 26.7 Å². The van der Waals surface area contributed by atoms with E-state index in [1.54, 1.807) is 20.4 Å². The number of nitrogens with zero attached hydrogens (tertiary/aromatic N) is 2. The number of hydrogen-bond acceptors (Lipinski definition) is 4. The number of piperidine rings is 1. The lowest BCUT2D eigenvalue weighted by molar-refractivity contribution is 0.146. The Morgan fingerprint density at radius 3 is 2.71 bits per heavy atom. The Hall–Kier alpha value is -0.800. The third kappa shape index (κ3) is 6.60. The van der Waals surface area contributed by atoms with Gasteiger partial charge in [-0.3, -0.25) is 9.89 Å². The van der Waals surface area contributed by atoms with E-state index in [1.807, 2.05) is 6.07 Å². The molecular formula is C17H31IN4O2. The highest BCUT2D eigenvalue weighted by Crippen LogP contribution is 2.24. The summed E-state index contributed by atoms with van der Waals surface area (Å²) in [5, 5.41) is 6.76. The van der Waals surface area contributed by atoms with Crippen molar-refractivity contribution in [2.75, 3.05) is 40.4 Å². The molecule has 2 N–H and O–H groups in total. The summed E-state index contributed by atoms with van der Waals surface area (Å²) in [6.07, 6.45) is 5.59. The first-order valence-corrected chi connectivity index (χ1v) is 8.48. The van der Waals surface area contributed by atoms with Crippen LogP contribution in [0.1, 0.15) is 38.0 Å². The van der Waals surface area contributed by atoms with E-state index in [0.29, 0.717) is 6.61 Å². The van der Waals surface area contributed by atoms with E-state index in [-0.39, 0.29) is 36.1 Å². The summed E-state index contributed by atoms with van der Waals surface area (Å²) >= 11 is 0. The van der Waals surface area contributed by atoms with Gasteiger partial charge in [0.05, 0.1) is 18.9 Å². The summed E-state index contributed by atoms with van der Waals surface area (Å²) in [4.78, 5) is 6.80. The lowest BCUT2D eigenvalue weighted by atomic mass is 10.1. The van der Waals surface area contributed by atoms with Crippen LogP contribution in [0.25, 0.3) is 0 Å². The summed E-state index contributed by atoms with van der Waals surface area (Å²) in [5.41, 5.74) is 0. The van der Waals surface area contributed by atoms with E-state index in [9.17, 15) is 0 Å². The van der Waals surface area contributed by atoms with Crippen LogP contribution in [0.5, 0.6) is 0 Å². The van der Waals surface area contributed by atoms with Gasteiger partial charge in [0.15, 0.2) is 5.96 Å². The first-order chi connectivity index (χ1) is 11.2. The molecule has 0 bridgehead atoms. The van der Waals surface area contributed by atoms with E-state index in [2.05, 4.69) is 33.5 Å². The monoisotopic (exact) mass is 450 g/mol. The van der Waals surface area contributed by atoms with Crippen LogP contribution in [0.3, 0.4) is 0 Å². The fourth-order valence-corrected chi connectivity index (χ4v) is 3.03. The normalized spacial score (nSPS) is 18.5. The predicted octanol–water partition coefficient (Wildman–Crippen LogP) is 2.62. The van der Waals surface area contributed by atoms with Gasteiger partial charge < -0.3 is 19.8 Å². The molecule has 1 aromatic heterocycles. The van der Waals surface area contributed by atoms with Crippen LogP contribution < -0.4 is 10.6 Å². The molecule has 0 aromatic carbocycles. The number of aliphatic imine (C=N–C) groups is 1. The maximum absolute atomic E-state index is 5.67. The lowest BCUT2D eigenvalue weighted by Gasteiger charge is -2.34. The standard InChI is InChI=1S/C17H30N4O2.HI/c1-14(13-22-3)20-17(18-2)19-12-15(16-8-7-11-23-16)21-9-5-4-6-10-21;/h7-8,11,14-15H,4-6,9-10,12-13H2,1-3H3,(H2,18,19,20);1H. The SMILES string of the molecule is CN=C(NCC(c1ccco1)N1CCCCC1)NC(C)COC.I. The smallest absolute Gasteiger partial charge is 0.191 e. The number of guanidine groups is 1. The Bertz CT molecular complexity index is 461. The molecule has 24 heavy (non-hydrogen) atoms. The molecule has 138 valence electrons. The Morgan fingerprint density at radius 2 is 2.12 bits per heavy atom. The van der Waals surface area contributed by atoms with Gasteiger partial charge in [-0.2, -0.15) is 0 Å². The zero-order chi connectivity index (χ0) is 16.5. The largest absolute Gasteiger partial charge is 0.468 e. The number of ether oxygens (including phenoxy) is 1. The topological polar surface area (TPSA) is 62.0 Å². The summed E-state index contributed by atoms with van der Waals surface area (Å²) in [6, 6.07) is 4.47.